The van der Waals surface area contributed by atoms with Crippen LogP contribution in [0.3, 0.4) is 0 Å². The molecule has 0 bridgehead atoms. The van der Waals surface area contributed by atoms with Crippen molar-refractivity contribution in [3.05, 3.63) is 124 Å². The molecule has 0 aromatic heterocycles. The van der Waals surface area contributed by atoms with Crippen molar-refractivity contribution in [2.45, 2.75) is 44.6 Å². The topological polar surface area (TPSA) is 53.5 Å². The molecule has 2 aliphatic rings. The Morgan fingerprint density at radius 3 is 2.61 bits per heavy atom. The lowest BCUT2D eigenvalue weighted by Gasteiger charge is -2.10. The predicted octanol–water partition coefficient (Wildman–Crippen LogP) is 7.86. The standard InChI is InChI=1S/C19H14ClNS.C11H14N2O.C2H6/c1-2-6-16-13-22-18-10-4-3-9-17(18)19(21-16)14-7-5-8-15(20)12-11-14;1-2-6-11(14)13-12-9-10-7-4-3-5-8-10;1-2/h1,3-4,7-13H,5-6H2;2-5,7-8,12H,1,6,9H2,(H,13,14);1-2H3. The number of hydrazine groups is 1. The minimum Gasteiger partial charge on any atom is -0.291 e. The number of nitrogens with zero attached hydrogens (tertiary/aromatic N) is 1. The van der Waals surface area contributed by atoms with Gasteiger partial charge in [-0.15, -0.1) is 18.9 Å². The summed E-state index contributed by atoms with van der Waals surface area (Å²) in [5.41, 5.74) is 10.6. The Morgan fingerprint density at radius 1 is 1.13 bits per heavy atom. The summed E-state index contributed by atoms with van der Waals surface area (Å²) in [4.78, 5) is 17.0. The molecule has 0 unspecified atom stereocenters. The van der Waals surface area contributed by atoms with E-state index in [1.807, 2.05) is 79.9 Å². The summed E-state index contributed by atoms with van der Waals surface area (Å²) >= 11 is 7.76. The van der Waals surface area contributed by atoms with Gasteiger partial charge in [0.15, 0.2) is 0 Å². The molecule has 1 aliphatic heterocycles. The van der Waals surface area contributed by atoms with Gasteiger partial charge in [-0.1, -0.05) is 110 Å². The van der Waals surface area contributed by atoms with Crippen molar-refractivity contribution in [2.75, 3.05) is 0 Å². The second-order valence-corrected chi connectivity index (χ2v) is 9.11. The van der Waals surface area contributed by atoms with Crippen molar-refractivity contribution in [3.63, 3.8) is 0 Å². The summed E-state index contributed by atoms with van der Waals surface area (Å²) < 4.78 is 0. The summed E-state index contributed by atoms with van der Waals surface area (Å²) in [5.74, 6) is 2.60. The third kappa shape index (κ3) is 10.4. The number of halogens is 1. The van der Waals surface area contributed by atoms with Crippen LogP contribution in [0, 0.1) is 12.3 Å². The highest BCUT2D eigenvalue weighted by molar-refractivity contribution is 8.02. The van der Waals surface area contributed by atoms with Crippen LogP contribution < -0.4 is 10.9 Å². The maximum Gasteiger partial charge on any atom is 0.237 e. The number of carbonyl (C=O) groups is 1. The average Bonchev–Trinajstić information content (AvgIpc) is 3.27. The average molecular weight is 544 g/mol. The number of hydrogen-bond acceptors (Lipinski definition) is 4. The Hall–Kier alpha value is -3.56. The number of carbonyl (C=O) groups excluding carboxylic acids is 1. The first-order valence-corrected chi connectivity index (χ1v) is 13.7. The Balaban J connectivity index is 0.000000274. The molecule has 196 valence electrons. The van der Waals surface area contributed by atoms with E-state index in [0.717, 1.165) is 39.6 Å². The fourth-order valence-electron chi connectivity index (χ4n) is 3.33. The molecule has 0 spiro atoms. The molecule has 2 aromatic rings. The SMILES string of the molecule is C#CCC1=CSc2ccccc2C(C2=CCC=C(Cl)C=C2)=N1.C=CCC(=O)NNCc1ccccc1.CC. The smallest absolute Gasteiger partial charge is 0.237 e. The lowest BCUT2D eigenvalue weighted by atomic mass is 10.0. The summed E-state index contributed by atoms with van der Waals surface area (Å²) in [7, 11) is 0. The number of benzene rings is 2. The van der Waals surface area contributed by atoms with Crippen LogP contribution in [0.15, 0.2) is 123 Å². The first-order chi connectivity index (χ1) is 18.6. The Bertz CT molecular complexity index is 1270. The molecule has 38 heavy (non-hydrogen) atoms. The van der Waals surface area contributed by atoms with Crippen LogP contribution in [0.4, 0.5) is 0 Å². The molecule has 1 aliphatic carbocycles. The van der Waals surface area contributed by atoms with Gasteiger partial charge in [-0.25, -0.2) is 5.43 Å². The van der Waals surface area contributed by atoms with Crippen LogP contribution >= 0.6 is 23.4 Å². The predicted molar refractivity (Wildman–Crippen MR) is 164 cm³/mol. The number of allylic oxidation sites excluding steroid dienone is 7. The number of fused-ring (bicyclic) bond motifs is 1. The monoisotopic (exact) mass is 543 g/mol. The molecule has 1 heterocycles. The number of terminal acetylenes is 1. The lowest BCUT2D eigenvalue weighted by molar-refractivity contribution is -0.121. The van der Waals surface area contributed by atoms with Crippen LogP contribution in [0.25, 0.3) is 0 Å². The Morgan fingerprint density at radius 2 is 1.87 bits per heavy atom. The number of thioether (sulfide) groups is 1. The van der Waals surface area contributed by atoms with E-state index in [9.17, 15) is 4.79 Å². The van der Waals surface area contributed by atoms with Gasteiger partial charge < -0.3 is 0 Å². The van der Waals surface area contributed by atoms with Crippen LogP contribution in [0.5, 0.6) is 0 Å². The third-order valence-corrected chi connectivity index (χ3v) is 6.32. The molecule has 0 atom stereocenters. The van der Waals surface area contributed by atoms with Gasteiger partial charge in [-0.05, 0) is 35.1 Å². The lowest BCUT2D eigenvalue weighted by Crippen LogP contribution is -2.36. The second kappa shape index (κ2) is 17.8. The summed E-state index contributed by atoms with van der Waals surface area (Å²) in [5, 5.41) is 2.79. The van der Waals surface area contributed by atoms with Gasteiger partial charge in [-0.3, -0.25) is 15.2 Å². The molecule has 2 N–H and O–H groups in total. The van der Waals surface area contributed by atoms with Crippen molar-refractivity contribution in [3.8, 4) is 12.3 Å². The quantitative estimate of drug-likeness (QED) is 0.212. The van der Waals surface area contributed by atoms with Crippen molar-refractivity contribution in [2.24, 2.45) is 4.99 Å². The number of nitrogens with one attached hydrogen (secondary N) is 2. The van der Waals surface area contributed by atoms with Gasteiger partial charge in [0, 0.05) is 28.5 Å². The molecular weight excluding hydrogens is 510 g/mol. The fraction of sp³-hybridized carbons (Fsp3) is 0.188. The number of hydrogen-bond donors (Lipinski definition) is 2. The molecule has 0 saturated heterocycles. The molecule has 0 saturated carbocycles. The van der Waals surface area contributed by atoms with Gasteiger partial charge in [0.2, 0.25) is 5.91 Å². The zero-order valence-electron chi connectivity index (χ0n) is 21.9. The largest absolute Gasteiger partial charge is 0.291 e. The van der Waals surface area contributed by atoms with E-state index in [1.165, 1.54) is 4.90 Å². The Kier molecular flexibility index (Phi) is 14.4. The fourth-order valence-corrected chi connectivity index (χ4v) is 4.33. The second-order valence-electron chi connectivity index (χ2n) is 7.76. The van der Waals surface area contributed by atoms with E-state index < -0.39 is 0 Å². The summed E-state index contributed by atoms with van der Waals surface area (Å²) in [6.45, 7) is 8.11. The zero-order valence-corrected chi connectivity index (χ0v) is 23.5. The van der Waals surface area contributed by atoms with E-state index in [2.05, 4.69) is 41.6 Å². The van der Waals surface area contributed by atoms with E-state index in [1.54, 1.807) is 17.8 Å². The molecule has 1 amide bonds. The van der Waals surface area contributed by atoms with Crippen molar-refractivity contribution < 1.29 is 4.79 Å². The van der Waals surface area contributed by atoms with Gasteiger partial charge in [0.05, 0.1) is 17.8 Å². The number of aliphatic imine (C=N–C) groups is 1. The highest BCUT2D eigenvalue weighted by atomic mass is 35.5. The molecule has 2 aromatic carbocycles. The highest BCUT2D eigenvalue weighted by Gasteiger charge is 2.16. The number of rotatable bonds is 7. The van der Waals surface area contributed by atoms with Gasteiger partial charge in [0.25, 0.3) is 0 Å². The van der Waals surface area contributed by atoms with Crippen molar-refractivity contribution in [1.29, 1.82) is 0 Å². The number of amides is 1. The van der Waals surface area contributed by atoms with Crippen LogP contribution in [-0.2, 0) is 11.3 Å². The minimum absolute atomic E-state index is 0.0732. The molecule has 0 radical (unpaired) electrons. The van der Waals surface area contributed by atoms with Crippen molar-refractivity contribution in [1.82, 2.24) is 10.9 Å². The van der Waals surface area contributed by atoms with E-state index >= 15 is 0 Å². The van der Waals surface area contributed by atoms with Gasteiger partial charge in [0.1, 0.15) is 0 Å². The van der Waals surface area contributed by atoms with Gasteiger partial charge in [-0.2, -0.15) is 0 Å². The van der Waals surface area contributed by atoms with Crippen LogP contribution in [0.1, 0.15) is 44.2 Å². The summed E-state index contributed by atoms with van der Waals surface area (Å²) in [6.07, 6.45) is 16.7. The maximum absolute atomic E-state index is 11.0. The normalized spacial score (nSPS) is 13.5. The van der Waals surface area contributed by atoms with E-state index in [-0.39, 0.29) is 5.91 Å². The minimum atomic E-state index is -0.0732. The van der Waals surface area contributed by atoms with Gasteiger partial charge >= 0.3 is 0 Å². The molecule has 6 heteroatoms. The molecule has 4 rings (SSSR count). The Labute approximate surface area is 236 Å². The van der Waals surface area contributed by atoms with Crippen LogP contribution in [-0.4, -0.2) is 11.6 Å². The van der Waals surface area contributed by atoms with Crippen LogP contribution in [0.2, 0.25) is 0 Å². The van der Waals surface area contributed by atoms with E-state index in [0.29, 0.717) is 19.4 Å². The highest BCUT2D eigenvalue weighted by Crippen LogP contribution is 2.32. The molecular formula is C32H34ClN3OS. The van der Waals surface area contributed by atoms with Crippen molar-refractivity contribution >= 4 is 35.0 Å². The molecule has 0 fully saturated rings. The van der Waals surface area contributed by atoms with E-state index in [4.69, 9.17) is 23.0 Å². The zero-order chi connectivity index (χ0) is 27.6. The first-order valence-electron chi connectivity index (χ1n) is 12.5. The third-order valence-electron chi connectivity index (χ3n) is 5.04. The first kappa shape index (κ1) is 30.7. The summed E-state index contributed by atoms with van der Waals surface area (Å²) in [6, 6.07) is 18.1. The maximum atomic E-state index is 11.0. The molecule has 4 nitrogen and oxygen atoms in total.